The Hall–Kier alpha value is -3.45. The number of hydrogen-bond donors (Lipinski definition) is 1. The van der Waals surface area contributed by atoms with Gasteiger partial charge in [-0.15, -0.1) is 5.10 Å². The van der Waals surface area contributed by atoms with Gasteiger partial charge in [0.05, 0.1) is 18.3 Å². The molecule has 0 aliphatic rings. The van der Waals surface area contributed by atoms with Gasteiger partial charge < -0.3 is 9.73 Å². The van der Waals surface area contributed by atoms with Crippen molar-refractivity contribution in [1.29, 1.82) is 0 Å². The maximum Gasteiger partial charge on any atom is 0.186 e. The number of benzene rings is 2. The second kappa shape index (κ2) is 6.61. The van der Waals surface area contributed by atoms with Crippen LogP contribution in [0.4, 0.5) is 10.2 Å². The summed E-state index contributed by atoms with van der Waals surface area (Å²) in [6.45, 7) is 0.453. The maximum atomic E-state index is 13.7. The van der Waals surface area contributed by atoms with Crippen molar-refractivity contribution in [2.75, 3.05) is 5.32 Å². The lowest BCUT2D eigenvalue weighted by atomic mass is 10.1. The molecule has 5 rings (SSSR count). The number of fused-ring (bicyclic) bond motifs is 3. The van der Waals surface area contributed by atoms with E-state index in [9.17, 15) is 4.39 Å². The third-order valence-corrected chi connectivity index (χ3v) is 4.65. The normalized spacial score (nSPS) is 11.4. The molecule has 0 saturated carbocycles. The van der Waals surface area contributed by atoms with Gasteiger partial charge in [0.15, 0.2) is 5.65 Å². The first-order valence-electron chi connectivity index (χ1n) is 8.56. The number of aromatic nitrogens is 4. The molecule has 6 nitrogen and oxygen atoms in total. The van der Waals surface area contributed by atoms with Crippen LogP contribution in [0.2, 0.25) is 5.02 Å². The molecule has 138 valence electrons. The van der Waals surface area contributed by atoms with Crippen molar-refractivity contribution in [2.45, 2.75) is 6.54 Å². The topological polar surface area (TPSA) is 68.2 Å². The summed E-state index contributed by atoms with van der Waals surface area (Å²) in [5.74, 6) is 1.04. The molecule has 0 unspecified atom stereocenters. The molecule has 0 aliphatic carbocycles. The number of halogens is 2. The molecule has 2 aromatic carbocycles. The van der Waals surface area contributed by atoms with Gasteiger partial charge in [0, 0.05) is 16.0 Å². The van der Waals surface area contributed by atoms with Crippen LogP contribution in [0.3, 0.4) is 0 Å². The second-order valence-electron chi connectivity index (χ2n) is 6.24. The minimum absolute atomic E-state index is 0.345. The highest BCUT2D eigenvalue weighted by Crippen LogP contribution is 2.30. The standard InChI is InChI=1S/C20H13ClFN5O/c21-13-6-7-17-16(10-13)19(23-11-15-5-2-8-28-15)24-20-18(25-26-27(17)20)12-3-1-4-14(22)9-12/h1-10H,11H2,(H,23,24). The summed E-state index contributed by atoms with van der Waals surface area (Å²) in [7, 11) is 0. The van der Waals surface area contributed by atoms with Crippen molar-refractivity contribution < 1.29 is 8.81 Å². The van der Waals surface area contributed by atoms with E-state index in [-0.39, 0.29) is 5.82 Å². The first-order valence-corrected chi connectivity index (χ1v) is 8.94. The first kappa shape index (κ1) is 16.7. The lowest BCUT2D eigenvalue weighted by Gasteiger charge is -2.10. The predicted molar refractivity (Wildman–Crippen MR) is 105 cm³/mol. The number of rotatable bonds is 4. The zero-order chi connectivity index (χ0) is 19.1. The van der Waals surface area contributed by atoms with E-state index in [0.29, 0.717) is 34.3 Å². The monoisotopic (exact) mass is 393 g/mol. The zero-order valence-electron chi connectivity index (χ0n) is 14.4. The average Bonchev–Trinajstić information content (AvgIpc) is 3.35. The Morgan fingerprint density at radius 2 is 2.04 bits per heavy atom. The molecule has 0 atom stereocenters. The van der Waals surface area contributed by atoms with Gasteiger partial charge in [-0.2, -0.15) is 4.52 Å². The molecular formula is C20H13ClFN5O. The van der Waals surface area contributed by atoms with Gasteiger partial charge in [0.2, 0.25) is 0 Å². The summed E-state index contributed by atoms with van der Waals surface area (Å²) in [5.41, 5.74) is 2.40. The third kappa shape index (κ3) is 2.86. The quantitative estimate of drug-likeness (QED) is 0.468. The van der Waals surface area contributed by atoms with Gasteiger partial charge in [-0.1, -0.05) is 28.9 Å². The molecule has 0 amide bonds. The van der Waals surface area contributed by atoms with Crippen LogP contribution in [-0.2, 0) is 6.54 Å². The Bertz CT molecular complexity index is 1300. The van der Waals surface area contributed by atoms with Crippen LogP contribution in [0, 0.1) is 5.82 Å². The van der Waals surface area contributed by atoms with Crippen molar-refractivity contribution in [3.63, 3.8) is 0 Å². The lowest BCUT2D eigenvalue weighted by molar-refractivity contribution is 0.518. The molecule has 0 saturated heterocycles. The van der Waals surface area contributed by atoms with E-state index in [1.165, 1.54) is 12.1 Å². The van der Waals surface area contributed by atoms with Crippen LogP contribution in [-0.4, -0.2) is 19.8 Å². The van der Waals surface area contributed by atoms with E-state index in [4.69, 9.17) is 21.0 Å². The first-order chi connectivity index (χ1) is 13.7. The number of hydrogen-bond acceptors (Lipinski definition) is 5. The Morgan fingerprint density at radius 1 is 1.11 bits per heavy atom. The summed E-state index contributed by atoms with van der Waals surface area (Å²) in [6, 6.07) is 15.4. The molecule has 1 N–H and O–H groups in total. The molecule has 3 aromatic heterocycles. The number of nitrogens with zero attached hydrogens (tertiary/aromatic N) is 4. The number of anilines is 1. The fourth-order valence-electron chi connectivity index (χ4n) is 3.13. The summed E-state index contributed by atoms with van der Waals surface area (Å²) in [6.07, 6.45) is 1.62. The Kier molecular flexibility index (Phi) is 3.95. The van der Waals surface area contributed by atoms with E-state index in [1.54, 1.807) is 29.0 Å². The Balaban J connectivity index is 1.71. The molecule has 5 aromatic rings. The predicted octanol–water partition coefficient (Wildman–Crippen LogP) is 4.94. The Morgan fingerprint density at radius 3 is 2.86 bits per heavy atom. The zero-order valence-corrected chi connectivity index (χ0v) is 15.2. The van der Waals surface area contributed by atoms with Crippen molar-refractivity contribution in [2.24, 2.45) is 0 Å². The highest BCUT2D eigenvalue weighted by molar-refractivity contribution is 6.31. The van der Waals surface area contributed by atoms with Gasteiger partial charge in [0.1, 0.15) is 23.1 Å². The van der Waals surface area contributed by atoms with Crippen LogP contribution >= 0.6 is 11.6 Å². The van der Waals surface area contributed by atoms with Gasteiger partial charge in [-0.25, -0.2) is 9.37 Å². The molecule has 0 spiro atoms. The van der Waals surface area contributed by atoms with E-state index >= 15 is 0 Å². The fraction of sp³-hybridized carbons (Fsp3) is 0.0500. The largest absolute Gasteiger partial charge is 0.467 e. The molecule has 8 heteroatoms. The SMILES string of the molecule is Fc1cccc(-c2nnn3c2nc(NCc2ccco2)c2cc(Cl)ccc23)c1. The number of nitrogens with one attached hydrogen (secondary N) is 1. The lowest BCUT2D eigenvalue weighted by Crippen LogP contribution is -2.04. The van der Waals surface area contributed by atoms with E-state index < -0.39 is 0 Å². The Labute approximate surface area is 163 Å². The average molecular weight is 394 g/mol. The van der Waals surface area contributed by atoms with Crippen molar-refractivity contribution in [3.8, 4) is 11.3 Å². The van der Waals surface area contributed by atoms with Crippen LogP contribution in [0.1, 0.15) is 5.76 Å². The van der Waals surface area contributed by atoms with Gasteiger partial charge in [-0.05, 0) is 42.5 Å². The molecule has 3 heterocycles. The third-order valence-electron chi connectivity index (χ3n) is 4.41. The van der Waals surface area contributed by atoms with Crippen LogP contribution in [0.25, 0.3) is 27.8 Å². The van der Waals surface area contributed by atoms with Crippen LogP contribution in [0.15, 0.2) is 65.3 Å². The van der Waals surface area contributed by atoms with Gasteiger partial charge >= 0.3 is 0 Å². The molecule has 0 radical (unpaired) electrons. The molecule has 28 heavy (non-hydrogen) atoms. The van der Waals surface area contributed by atoms with Crippen molar-refractivity contribution in [3.05, 3.63) is 77.5 Å². The van der Waals surface area contributed by atoms with E-state index in [2.05, 4.69) is 15.6 Å². The molecule has 0 aliphatic heterocycles. The molecular weight excluding hydrogens is 381 g/mol. The van der Waals surface area contributed by atoms with Crippen molar-refractivity contribution in [1.82, 2.24) is 19.8 Å². The van der Waals surface area contributed by atoms with Gasteiger partial charge in [-0.3, -0.25) is 0 Å². The maximum absolute atomic E-state index is 13.7. The summed E-state index contributed by atoms with van der Waals surface area (Å²) < 4.78 is 20.7. The minimum atomic E-state index is -0.345. The second-order valence-corrected chi connectivity index (χ2v) is 6.68. The van der Waals surface area contributed by atoms with Crippen LogP contribution < -0.4 is 5.32 Å². The van der Waals surface area contributed by atoms with E-state index in [0.717, 1.165) is 16.7 Å². The molecule has 0 fully saturated rings. The molecule has 0 bridgehead atoms. The highest BCUT2D eigenvalue weighted by Gasteiger charge is 2.16. The minimum Gasteiger partial charge on any atom is -0.467 e. The summed E-state index contributed by atoms with van der Waals surface area (Å²) in [4.78, 5) is 4.71. The highest BCUT2D eigenvalue weighted by atomic mass is 35.5. The summed E-state index contributed by atoms with van der Waals surface area (Å²) in [5, 5.41) is 13.1. The summed E-state index contributed by atoms with van der Waals surface area (Å²) >= 11 is 6.20. The van der Waals surface area contributed by atoms with Crippen LogP contribution in [0.5, 0.6) is 0 Å². The smallest absolute Gasteiger partial charge is 0.186 e. The van der Waals surface area contributed by atoms with Crippen molar-refractivity contribution >= 4 is 34.0 Å². The van der Waals surface area contributed by atoms with Gasteiger partial charge in [0.25, 0.3) is 0 Å². The van der Waals surface area contributed by atoms with E-state index in [1.807, 2.05) is 24.3 Å². The number of furan rings is 1. The fourth-order valence-corrected chi connectivity index (χ4v) is 3.30.